The Morgan fingerprint density at radius 2 is 2.09 bits per heavy atom. The lowest BCUT2D eigenvalue weighted by Crippen LogP contribution is -2.37. The molecule has 0 saturated carbocycles. The molecule has 0 spiro atoms. The molecule has 0 saturated heterocycles. The summed E-state index contributed by atoms with van der Waals surface area (Å²) < 4.78 is 10.9. The van der Waals surface area contributed by atoms with Crippen LogP contribution in [-0.2, 0) is 11.3 Å². The summed E-state index contributed by atoms with van der Waals surface area (Å²) in [6, 6.07) is 10.9. The van der Waals surface area contributed by atoms with Gasteiger partial charge < -0.3 is 14.1 Å². The minimum absolute atomic E-state index is 0.0339. The Bertz CT molecular complexity index is 616. The van der Waals surface area contributed by atoms with Crippen LogP contribution in [0.1, 0.15) is 5.76 Å². The van der Waals surface area contributed by atoms with E-state index in [9.17, 15) is 4.79 Å². The molecule has 0 aliphatic rings. The Kier molecular flexibility index (Phi) is 6.50. The van der Waals surface area contributed by atoms with Crippen molar-refractivity contribution in [3.63, 3.8) is 0 Å². The fourth-order valence-electron chi connectivity index (χ4n) is 2.03. The van der Waals surface area contributed by atoms with E-state index in [0.717, 1.165) is 11.5 Å². The SMILES string of the molecule is CN(CCOc1cccc(Cl)c1)CC(=O)N(C)Cc1ccco1. The van der Waals surface area contributed by atoms with Crippen molar-refractivity contribution in [2.24, 2.45) is 0 Å². The van der Waals surface area contributed by atoms with Crippen LogP contribution >= 0.6 is 11.6 Å². The van der Waals surface area contributed by atoms with Gasteiger partial charge in [0.15, 0.2) is 0 Å². The standard InChI is InChI=1S/C17H21ClN2O3/c1-19(8-10-23-15-6-3-5-14(18)11-15)13-17(21)20(2)12-16-7-4-9-22-16/h3-7,9,11H,8,10,12-13H2,1-2H3. The number of carbonyl (C=O) groups excluding carboxylic acids is 1. The number of furan rings is 1. The van der Waals surface area contributed by atoms with Crippen LogP contribution in [0, 0.1) is 0 Å². The van der Waals surface area contributed by atoms with E-state index in [1.54, 1.807) is 30.3 Å². The first-order valence-electron chi connectivity index (χ1n) is 7.38. The van der Waals surface area contributed by atoms with Crippen molar-refractivity contribution in [2.45, 2.75) is 6.54 Å². The number of benzene rings is 1. The van der Waals surface area contributed by atoms with Gasteiger partial charge in [0.05, 0.1) is 19.4 Å². The van der Waals surface area contributed by atoms with Gasteiger partial charge in [-0.15, -0.1) is 0 Å². The Morgan fingerprint density at radius 1 is 1.26 bits per heavy atom. The summed E-state index contributed by atoms with van der Waals surface area (Å²) in [5.74, 6) is 1.53. The molecule has 1 aromatic heterocycles. The fourth-order valence-corrected chi connectivity index (χ4v) is 2.21. The predicted octanol–water partition coefficient (Wildman–Crippen LogP) is 2.90. The number of nitrogens with zero attached hydrogens (tertiary/aromatic N) is 2. The summed E-state index contributed by atoms with van der Waals surface area (Å²) in [6.45, 7) is 1.94. The number of amides is 1. The van der Waals surface area contributed by atoms with Crippen LogP contribution in [0.4, 0.5) is 0 Å². The molecule has 0 aliphatic heterocycles. The minimum Gasteiger partial charge on any atom is -0.492 e. The highest BCUT2D eigenvalue weighted by Gasteiger charge is 2.13. The second kappa shape index (κ2) is 8.60. The fraction of sp³-hybridized carbons (Fsp3) is 0.353. The smallest absolute Gasteiger partial charge is 0.236 e. The van der Waals surface area contributed by atoms with Gasteiger partial charge in [-0.05, 0) is 37.4 Å². The number of carbonyl (C=O) groups is 1. The van der Waals surface area contributed by atoms with Crippen LogP contribution in [0.5, 0.6) is 5.75 Å². The topological polar surface area (TPSA) is 45.9 Å². The summed E-state index contributed by atoms with van der Waals surface area (Å²) in [5, 5.41) is 0.644. The third-order valence-electron chi connectivity index (χ3n) is 3.34. The molecule has 2 aromatic rings. The molecule has 124 valence electrons. The van der Waals surface area contributed by atoms with Gasteiger partial charge in [-0.1, -0.05) is 17.7 Å². The summed E-state index contributed by atoms with van der Waals surface area (Å²) in [6.07, 6.45) is 1.60. The average Bonchev–Trinajstić information content (AvgIpc) is 3.00. The van der Waals surface area contributed by atoms with Gasteiger partial charge in [0.25, 0.3) is 0 Å². The first-order chi connectivity index (χ1) is 11.0. The molecule has 2 rings (SSSR count). The van der Waals surface area contributed by atoms with Gasteiger partial charge in [0, 0.05) is 18.6 Å². The third kappa shape index (κ3) is 5.96. The van der Waals surface area contributed by atoms with E-state index in [1.165, 1.54) is 0 Å². The maximum Gasteiger partial charge on any atom is 0.236 e. The van der Waals surface area contributed by atoms with Gasteiger partial charge in [0.2, 0.25) is 5.91 Å². The van der Waals surface area contributed by atoms with Crippen LogP contribution in [0.25, 0.3) is 0 Å². The summed E-state index contributed by atoms with van der Waals surface area (Å²) in [5.41, 5.74) is 0. The second-order valence-electron chi connectivity index (χ2n) is 5.37. The van der Waals surface area contributed by atoms with E-state index >= 15 is 0 Å². The molecule has 1 amide bonds. The second-order valence-corrected chi connectivity index (χ2v) is 5.81. The molecule has 0 radical (unpaired) electrons. The van der Waals surface area contributed by atoms with E-state index < -0.39 is 0 Å². The number of hydrogen-bond donors (Lipinski definition) is 0. The molecule has 0 unspecified atom stereocenters. The van der Waals surface area contributed by atoms with Gasteiger partial charge >= 0.3 is 0 Å². The lowest BCUT2D eigenvalue weighted by Gasteiger charge is -2.21. The zero-order valence-corrected chi connectivity index (χ0v) is 14.1. The van der Waals surface area contributed by atoms with Gasteiger partial charge in [-0.3, -0.25) is 9.69 Å². The van der Waals surface area contributed by atoms with Crippen molar-refractivity contribution in [1.29, 1.82) is 0 Å². The predicted molar refractivity (Wildman–Crippen MR) is 89.6 cm³/mol. The molecule has 0 aliphatic carbocycles. The molecular formula is C17H21ClN2O3. The van der Waals surface area contributed by atoms with Crippen LogP contribution in [0.3, 0.4) is 0 Å². The molecule has 6 heteroatoms. The van der Waals surface area contributed by atoms with Crippen LogP contribution < -0.4 is 4.74 Å². The van der Waals surface area contributed by atoms with Crippen molar-refractivity contribution in [1.82, 2.24) is 9.80 Å². The molecule has 1 aromatic carbocycles. The molecule has 5 nitrogen and oxygen atoms in total. The molecule has 0 atom stereocenters. The monoisotopic (exact) mass is 336 g/mol. The van der Waals surface area contributed by atoms with Crippen molar-refractivity contribution in [2.75, 3.05) is 33.8 Å². The van der Waals surface area contributed by atoms with Crippen molar-refractivity contribution in [3.8, 4) is 5.75 Å². The first-order valence-corrected chi connectivity index (χ1v) is 7.75. The summed E-state index contributed by atoms with van der Waals surface area (Å²) in [7, 11) is 3.65. The first kappa shape index (κ1) is 17.4. The van der Waals surface area contributed by atoms with Crippen molar-refractivity contribution < 1.29 is 13.9 Å². The highest BCUT2D eigenvalue weighted by molar-refractivity contribution is 6.30. The summed E-state index contributed by atoms with van der Waals surface area (Å²) >= 11 is 5.90. The van der Waals surface area contributed by atoms with Gasteiger partial charge in [-0.2, -0.15) is 0 Å². The Morgan fingerprint density at radius 3 is 2.78 bits per heavy atom. The lowest BCUT2D eigenvalue weighted by molar-refractivity contribution is -0.131. The number of halogens is 1. The number of likely N-dealkylation sites (N-methyl/N-ethyl adjacent to an activating group) is 2. The maximum atomic E-state index is 12.1. The number of hydrogen-bond acceptors (Lipinski definition) is 4. The number of ether oxygens (including phenoxy) is 1. The Hall–Kier alpha value is -1.98. The largest absolute Gasteiger partial charge is 0.492 e. The van der Waals surface area contributed by atoms with Crippen LogP contribution in [-0.4, -0.2) is 49.5 Å². The van der Waals surface area contributed by atoms with Crippen LogP contribution in [0.2, 0.25) is 5.02 Å². The Balaban J connectivity index is 1.69. The highest BCUT2D eigenvalue weighted by Crippen LogP contribution is 2.16. The zero-order valence-electron chi connectivity index (χ0n) is 13.4. The zero-order chi connectivity index (χ0) is 16.7. The van der Waals surface area contributed by atoms with Crippen molar-refractivity contribution in [3.05, 3.63) is 53.4 Å². The third-order valence-corrected chi connectivity index (χ3v) is 3.58. The van der Waals surface area contributed by atoms with E-state index in [1.807, 2.05) is 36.2 Å². The molecule has 1 heterocycles. The van der Waals surface area contributed by atoms with Crippen LogP contribution in [0.15, 0.2) is 47.1 Å². The number of rotatable bonds is 8. The van der Waals surface area contributed by atoms with E-state index in [4.69, 9.17) is 20.8 Å². The molecule has 0 bridgehead atoms. The van der Waals surface area contributed by atoms with Gasteiger partial charge in [-0.25, -0.2) is 0 Å². The lowest BCUT2D eigenvalue weighted by atomic mass is 10.3. The van der Waals surface area contributed by atoms with E-state index in [0.29, 0.717) is 31.3 Å². The molecule has 0 fully saturated rings. The molecule has 0 N–H and O–H groups in total. The molecule has 23 heavy (non-hydrogen) atoms. The Labute approximate surface area is 141 Å². The highest BCUT2D eigenvalue weighted by atomic mass is 35.5. The normalized spacial score (nSPS) is 10.8. The van der Waals surface area contributed by atoms with Crippen molar-refractivity contribution >= 4 is 17.5 Å². The quantitative estimate of drug-likeness (QED) is 0.743. The summed E-state index contributed by atoms with van der Waals surface area (Å²) in [4.78, 5) is 15.7. The van der Waals surface area contributed by atoms with E-state index in [-0.39, 0.29) is 5.91 Å². The molecular weight excluding hydrogens is 316 g/mol. The minimum atomic E-state index is 0.0339. The maximum absolute atomic E-state index is 12.1. The van der Waals surface area contributed by atoms with Gasteiger partial charge in [0.1, 0.15) is 18.1 Å². The average molecular weight is 337 g/mol. The van der Waals surface area contributed by atoms with E-state index in [2.05, 4.69) is 0 Å².